The fraction of sp³-hybridized carbons (Fsp3) is 0.0851. The zero-order valence-electron chi connectivity index (χ0n) is 28.9. The number of benzene rings is 5. The molecule has 253 valence electrons. The van der Waals surface area contributed by atoms with Crippen LogP contribution in [0, 0.1) is 16.2 Å². The molecule has 0 aromatic heterocycles. The van der Waals surface area contributed by atoms with Crippen molar-refractivity contribution in [2.24, 2.45) is 0 Å². The van der Waals surface area contributed by atoms with Gasteiger partial charge in [0.15, 0.2) is 0 Å². The summed E-state index contributed by atoms with van der Waals surface area (Å²) in [6, 6.07) is 42.8. The van der Waals surface area contributed by atoms with E-state index in [0.29, 0.717) is 41.0 Å². The van der Waals surface area contributed by atoms with E-state index in [1.165, 1.54) is 15.9 Å². The van der Waals surface area contributed by atoms with Gasteiger partial charge in [0.25, 0.3) is 0 Å². The van der Waals surface area contributed by atoms with Gasteiger partial charge in [-0.2, -0.15) is 0 Å². The Labute approximate surface area is 315 Å². The second-order valence-electron chi connectivity index (χ2n) is 12.5. The van der Waals surface area contributed by atoms with E-state index in [-0.39, 0.29) is 11.6 Å². The molecule has 0 saturated carbocycles. The van der Waals surface area contributed by atoms with Gasteiger partial charge in [-0.05, 0) is 12.5 Å². The summed E-state index contributed by atoms with van der Waals surface area (Å²) in [6.45, 7) is 5.00. The number of carbonyl (C=O) groups is 2. The quantitative estimate of drug-likeness (QED) is 0.125. The van der Waals surface area contributed by atoms with Gasteiger partial charge in [0.2, 0.25) is 0 Å². The van der Waals surface area contributed by atoms with Crippen molar-refractivity contribution in [3.8, 4) is 16.2 Å². The molecule has 1 aliphatic heterocycles. The number of ketones is 2. The van der Waals surface area contributed by atoms with Gasteiger partial charge in [-0.1, -0.05) is 12.2 Å². The molecule has 1 heterocycles. The number of hydrogen-bond acceptors (Lipinski definition) is 3. The first kappa shape index (κ1) is 35.2. The summed E-state index contributed by atoms with van der Waals surface area (Å²) < 4.78 is 9.64. The molecular formula is C47H35O3OsP+. The zero-order valence-corrected chi connectivity index (χ0v) is 32.3. The maximum atomic E-state index is 13.8. The summed E-state index contributed by atoms with van der Waals surface area (Å²) in [5.41, 5.74) is 6.22. The first-order valence-electron chi connectivity index (χ1n) is 17.1. The van der Waals surface area contributed by atoms with E-state index in [1.807, 2.05) is 38.1 Å². The number of ether oxygens (including phenoxy) is 1. The molecule has 1 aliphatic carbocycles. The van der Waals surface area contributed by atoms with Crippen molar-refractivity contribution in [2.45, 2.75) is 13.8 Å². The normalized spacial score (nSPS) is 15.9. The Bertz CT molecular complexity index is 2340. The summed E-state index contributed by atoms with van der Waals surface area (Å²) >= 11 is 1.71. The molecule has 0 N–H and O–H groups in total. The van der Waals surface area contributed by atoms with Crippen LogP contribution in [-0.4, -0.2) is 24.8 Å². The molecule has 3 nitrogen and oxygen atoms in total. The Morgan fingerprint density at radius 2 is 1.21 bits per heavy atom. The Morgan fingerprint density at radius 3 is 1.75 bits per heavy atom. The van der Waals surface area contributed by atoms with Crippen molar-refractivity contribution in [3.05, 3.63) is 201 Å². The van der Waals surface area contributed by atoms with E-state index in [2.05, 4.69) is 119 Å². The van der Waals surface area contributed by atoms with Crippen molar-refractivity contribution in [1.82, 2.24) is 0 Å². The van der Waals surface area contributed by atoms with Crippen LogP contribution in [0.5, 0.6) is 0 Å². The van der Waals surface area contributed by atoms with Crippen LogP contribution in [0.15, 0.2) is 168 Å². The number of hydrogen-bond donors (Lipinski definition) is 0. The third-order valence-electron chi connectivity index (χ3n) is 9.44. The van der Waals surface area contributed by atoms with E-state index < -0.39 is 7.26 Å². The van der Waals surface area contributed by atoms with Crippen molar-refractivity contribution in [1.29, 1.82) is 0 Å². The van der Waals surface area contributed by atoms with Gasteiger partial charge in [-0.25, -0.2) is 0 Å². The van der Waals surface area contributed by atoms with Crippen LogP contribution in [0.4, 0.5) is 0 Å². The second kappa shape index (κ2) is 15.6. The first-order valence-corrected chi connectivity index (χ1v) is 20.2. The van der Waals surface area contributed by atoms with Gasteiger partial charge in [0.05, 0.1) is 0 Å². The van der Waals surface area contributed by atoms with Crippen LogP contribution in [-0.2, 0) is 22.7 Å². The SMILES string of the molecule is CC=C1COCC1=CC(C#Cc1ccc2c(c1)C(=O)c1ccc(/C=C/C)cc1C2=O)=C([C]#[Os])[P+](c1ccccc1)(c1ccccc1)c1ccccc1. The predicted molar refractivity (Wildman–Crippen MR) is 210 cm³/mol. The molecule has 1 saturated heterocycles. The van der Waals surface area contributed by atoms with Gasteiger partial charge in [-0.15, -0.1) is 0 Å². The fourth-order valence-corrected chi connectivity index (χ4v) is 12.7. The summed E-state index contributed by atoms with van der Waals surface area (Å²) in [6.07, 6.45) is 8.11. The molecule has 5 aromatic carbocycles. The van der Waals surface area contributed by atoms with Gasteiger partial charge >= 0.3 is 293 Å². The number of carbonyl (C=O) groups excluding carboxylic acids is 2. The summed E-state index contributed by atoms with van der Waals surface area (Å²) in [5, 5.41) is 4.61. The van der Waals surface area contributed by atoms with Crippen molar-refractivity contribution >= 4 is 40.8 Å². The van der Waals surface area contributed by atoms with Crippen LogP contribution in [0.3, 0.4) is 0 Å². The molecule has 0 unspecified atom stereocenters. The zero-order chi connectivity index (χ0) is 36.1. The van der Waals surface area contributed by atoms with Gasteiger partial charge in [0.1, 0.15) is 0 Å². The molecule has 1 fully saturated rings. The van der Waals surface area contributed by atoms with Gasteiger partial charge < -0.3 is 0 Å². The van der Waals surface area contributed by atoms with Crippen LogP contribution in [0.25, 0.3) is 6.08 Å². The van der Waals surface area contributed by atoms with Gasteiger partial charge in [-0.3, -0.25) is 0 Å². The molecule has 0 spiro atoms. The Balaban J connectivity index is 1.47. The average Bonchev–Trinajstić information content (AvgIpc) is 3.66. The molecule has 0 atom stereocenters. The third kappa shape index (κ3) is 6.51. The Morgan fingerprint density at radius 1 is 0.673 bits per heavy atom. The molecule has 0 radical (unpaired) electrons. The topological polar surface area (TPSA) is 43.4 Å². The van der Waals surface area contributed by atoms with Crippen LogP contribution in [0.2, 0.25) is 0 Å². The number of rotatable bonds is 6. The first-order chi connectivity index (χ1) is 25.5. The summed E-state index contributed by atoms with van der Waals surface area (Å²) in [5.74, 6) is 6.69. The molecule has 5 heteroatoms. The van der Waals surface area contributed by atoms with Crippen LogP contribution in [0.1, 0.15) is 56.8 Å². The van der Waals surface area contributed by atoms with Crippen molar-refractivity contribution < 1.29 is 32.3 Å². The summed E-state index contributed by atoms with van der Waals surface area (Å²) in [7, 11) is -2.54. The minimum atomic E-state index is -2.54. The number of fused-ring (bicyclic) bond motifs is 2. The molecule has 5 aromatic rings. The molecule has 0 bridgehead atoms. The van der Waals surface area contributed by atoms with E-state index in [9.17, 15) is 9.59 Å². The minimum absolute atomic E-state index is 0.150. The predicted octanol–water partition coefficient (Wildman–Crippen LogP) is 8.50. The monoisotopic (exact) mass is 870 g/mol. The Hall–Kier alpha value is -5.23. The van der Waals surface area contributed by atoms with Gasteiger partial charge in [0, 0.05) is 0 Å². The third-order valence-corrected chi connectivity index (χ3v) is 14.8. The molecule has 2 aliphatic rings. The molecule has 7 rings (SSSR count). The fourth-order valence-electron chi connectivity index (χ4n) is 6.96. The molecule has 0 amide bonds. The standard InChI is InChI=1S/C47H35O3P.Os/c1-4-15-34-23-26-42-44(28-34)46(48)43-27-24-35(29-45(43)47(42)49)22-25-37(30-38-32-50-31-36(38)5-2)33(3)51(39-16-9-6-10-17-39,40-18-11-7-12-19-40)41-20-13-8-14-21-41;/h4-21,23-24,26-30H,31-32H2,1-2H3;/q+1;/b15-4+,36-5?,37-33?,38-30?;. The Kier molecular flexibility index (Phi) is 10.5. The molecular weight excluding hydrogens is 834 g/mol. The van der Waals surface area contributed by atoms with E-state index in [4.69, 9.17) is 4.74 Å². The summed E-state index contributed by atoms with van der Waals surface area (Å²) in [4.78, 5) is 27.4. The van der Waals surface area contributed by atoms with E-state index in [0.717, 1.165) is 27.6 Å². The van der Waals surface area contributed by atoms with E-state index >= 15 is 0 Å². The van der Waals surface area contributed by atoms with Crippen molar-refractivity contribution in [2.75, 3.05) is 13.2 Å². The number of allylic oxidation sites excluding steroid dienone is 5. The maximum absolute atomic E-state index is 13.8. The second-order valence-corrected chi connectivity index (χ2v) is 16.5. The van der Waals surface area contributed by atoms with Crippen LogP contribution < -0.4 is 15.9 Å². The average molecular weight is 869 g/mol. The molecule has 52 heavy (non-hydrogen) atoms. The van der Waals surface area contributed by atoms with Crippen LogP contribution >= 0.6 is 7.26 Å². The van der Waals surface area contributed by atoms with E-state index in [1.54, 1.807) is 42.2 Å². The van der Waals surface area contributed by atoms with Crippen molar-refractivity contribution in [3.63, 3.8) is 0 Å².